The third-order valence-corrected chi connectivity index (χ3v) is 5.24. The molecule has 3 heterocycles. The molecule has 0 unspecified atom stereocenters. The van der Waals surface area contributed by atoms with E-state index in [0.29, 0.717) is 6.79 Å². The van der Waals surface area contributed by atoms with Crippen molar-refractivity contribution in [2.75, 3.05) is 31.9 Å². The van der Waals surface area contributed by atoms with E-state index in [0.717, 1.165) is 54.4 Å². The van der Waals surface area contributed by atoms with Crippen LogP contribution in [-0.4, -0.2) is 31.5 Å². The van der Waals surface area contributed by atoms with E-state index in [9.17, 15) is 0 Å². The lowest BCUT2D eigenvalue weighted by Crippen LogP contribution is -2.40. The molecule has 0 atom stereocenters. The topological polar surface area (TPSA) is 52.6 Å². The van der Waals surface area contributed by atoms with Crippen LogP contribution in [0.4, 0.5) is 5.82 Å². The summed E-state index contributed by atoms with van der Waals surface area (Å²) in [5, 5.41) is 3.49. The fourth-order valence-electron chi connectivity index (χ4n) is 3.30. The highest BCUT2D eigenvalue weighted by atomic mass is 79.9. The molecular weight excluding hydrogens is 372 g/mol. The fraction of sp³-hybridized carbons (Fsp3) is 0.389. The second kappa shape index (κ2) is 6.61. The summed E-state index contributed by atoms with van der Waals surface area (Å²) in [5.74, 6) is 2.54. The summed E-state index contributed by atoms with van der Waals surface area (Å²) in [7, 11) is 0. The first-order chi connectivity index (χ1) is 11.8. The summed E-state index contributed by atoms with van der Waals surface area (Å²) in [4.78, 5) is 4.41. The van der Waals surface area contributed by atoms with Crippen molar-refractivity contribution < 1.29 is 14.2 Å². The molecular formula is C18H19BrN2O3. The Morgan fingerprint density at radius 2 is 1.92 bits per heavy atom. The van der Waals surface area contributed by atoms with Crippen LogP contribution in [0.5, 0.6) is 11.5 Å². The van der Waals surface area contributed by atoms with Crippen LogP contribution in [0.1, 0.15) is 18.4 Å². The van der Waals surface area contributed by atoms with Crippen molar-refractivity contribution in [2.45, 2.75) is 18.3 Å². The Hall–Kier alpha value is -1.79. The van der Waals surface area contributed by atoms with E-state index in [1.807, 2.05) is 18.2 Å². The monoisotopic (exact) mass is 390 g/mol. The second-order valence-electron chi connectivity index (χ2n) is 6.18. The standard InChI is InChI=1S/C18H19BrN2O3/c19-14-2-4-17(20-10-14)21-11-18(5-7-22-8-6-18)13-1-3-15-16(9-13)24-12-23-15/h1-4,9-10H,5-8,11-12H2,(H,20,21). The number of benzene rings is 1. The zero-order valence-electron chi connectivity index (χ0n) is 13.3. The molecule has 0 radical (unpaired) electrons. The van der Waals surface area contributed by atoms with Crippen LogP contribution in [0, 0.1) is 0 Å². The van der Waals surface area contributed by atoms with Gasteiger partial charge < -0.3 is 19.5 Å². The van der Waals surface area contributed by atoms with Gasteiger partial charge in [0.2, 0.25) is 6.79 Å². The van der Waals surface area contributed by atoms with Crippen molar-refractivity contribution in [3.05, 3.63) is 46.6 Å². The van der Waals surface area contributed by atoms with Crippen LogP contribution in [0.15, 0.2) is 41.0 Å². The van der Waals surface area contributed by atoms with Gasteiger partial charge in [-0.3, -0.25) is 0 Å². The molecule has 0 amide bonds. The van der Waals surface area contributed by atoms with Gasteiger partial charge in [0.1, 0.15) is 5.82 Å². The molecule has 1 aromatic heterocycles. The maximum atomic E-state index is 5.60. The number of nitrogens with one attached hydrogen (secondary N) is 1. The average Bonchev–Trinajstić information content (AvgIpc) is 3.10. The first-order valence-electron chi connectivity index (χ1n) is 8.09. The Morgan fingerprint density at radius 3 is 2.71 bits per heavy atom. The number of ether oxygens (including phenoxy) is 3. The Labute approximate surface area is 149 Å². The lowest BCUT2D eigenvalue weighted by Gasteiger charge is -2.38. The molecule has 0 bridgehead atoms. The number of hydrogen-bond acceptors (Lipinski definition) is 5. The fourth-order valence-corrected chi connectivity index (χ4v) is 3.53. The van der Waals surface area contributed by atoms with Gasteiger partial charge in [0.25, 0.3) is 0 Å². The zero-order chi connectivity index (χ0) is 16.4. The largest absolute Gasteiger partial charge is 0.454 e. The quantitative estimate of drug-likeness (QED) is 0.861. The maximum Gasteiger partial charge on any atom is 0.231 e. The van der Waals surface area contributed by atoms with Gasteiger partial charge in [-0.05, 0) is 58.6 Å². The Bertz CT molecular complexity index is 715. The minimum absolute atomic E-state index is 0.00792. The predicted octanol–water partition coefficient (Wildman–Crippen LogP) is 3.73. The lowest BCUT2D eigenvalue weighted by molar-refractivity contribution is 0.0543. The third kappa shape index (κ3) is 3.08. The molecule has 0 aliphatic carbocycles. The highest BCUT2D eigenvalue weighted by Gasteiger charge is 2.35. The van der Waals surface area contributed by atoms with Crippen LogP contribution >= 0.6 is 15.9 Å². The number of anilines is 1. The summed E-state index contributed by atoms with van der Waals surface area (Å²) >= 11 is 3.42. The van der Waals surface area contributed by atoms with Crippen LogP contribution in [-0.2, 0) is 10.2 Å². The van der Waals surface area contributed by atoms with Crippen LogP contribution in [0.3, 0.4) is 0 Å². The SMILES string of the molecule is Brc1ccc(NCC2(c3ccc4c(c3)OCO4)CCOCC2)nc1. The van der Waals surface area contributed by atoms with Crippen molar-refractivity contribution in [1.82, 2.24) is 4.98 Å². The summed E-state index contributed by atoms with van der Waals surface area (Å²) in [6.45, 7) is 2.65. The lowest BCUT2D eigenvalue weighted by atomic mass is 9.74. The van der Waals surface area contributed by atoms with E-state index in [1.54, 1.807) is 6.20 Å². The molecule has 2 aliphatic rings. The van der Waals surface area contributed by atoms with E-state index in [-0.39, 0.29) is 5.41 Å². The molecule has 4 rings (SSSR count). The first kappa shape index (κ1) is 15.7. The molecule has 1 fully saturated rings. The molecule has 24 heavy (non-hydrogen) atoms. The van der Waals surface area contributed by atoms with Crippen LogP contribution < -0.4 is 14.8 Å². The number of hydrogen-bond donors (Lipinski definition) is 1. The van der Waals surface area contributed by atoms with Gasteiger partial charge >= 0.3 is 0 Å². The van der Waals surface area contributed by atoms with Crippen molar-refractivity contribution in [1.29, 1.82) is 0 Å². The van der Waals surface area contributed by atoms with Crippen molar-refractivity contribution in [3.8, 4) is 11.5 Å². The number of pyridine rings is 1. The van der Waals surface area contributed by atoms with E-state index in [1.165, 1.54) is 5.56 Å². The van der Waals surface area contributed by atoms with Gasteiger partial charge in [0.15, 0.2) is 11.5 Å². The highest BCUT2D eigenvalue weighted by molar-refractivity contribution is 9.10. The molecule has 1 saturated heterocycles. The van der Waals surface area contributed by atoms with Crippen LogP contribution in [0.25, 0.3) is 0 Å². The molecule has 2 aliphatic heterocycles. The Morgan fingerprint density at radius 1 is 1.08 bits per heavy atom. The molecule has 126 valence electrons. The van der Waals surface area contributed by atoms with E-state index in [4.69, 9.17) is 14.2 Å². The minimum atomic E-state index is 0.00792. The smallest absolute Gasteiger partial charge is 0.231 e. The summed E-state index contributed by atoms with van der Waals surface area (Å²) in [6, 6.07) is 10.2. The Kier molecular flexibility index (Phi) is 4.33. The van der Waals surface area contributed by atoms with Gasteiger partial charge in [-0.1, -0.05) is 6.07 Å². The first-order valence-corrected chi connectivity index (χ1v) is 8.88. The molecule has 1 N–H and O–H groups in total. The van der Waals surface area contributed by atoms with E-state index < -0.39 is 0 Å². The van der Waals surface area contributed by atoms with Crippen LogP contribution in [0.2, 0.25) is 0 Å². The Balaban J connectivity index is 1.59. The molecule has 0 spiro atoms. The third-order valence-electron chi connectivity index (χ3n) is 4.77. The van der Waals surface area contributed by atoms with Gasteiger partial charge in [-0.25, -0.2) is 4.98 Å². The van der Waals surface area contributed by atoms with Crippen molar-refractivity contribution in [2.24, 2.45) is 0 Å². The van der Waals surface area contributed by atoms with Gasteiger partial charge in [0.05, 0.1) is 0 Å². The van der Waals surface area contributed by atoms with E-state index in [2.05, 4.69) is 38.4 Å². The molecule has 5 nitrogen and oxygen atoms in total. The van der Waals surface area contributed by atoms with Gasteiger partial charge in [-0.2, -0.15) is 0 Å². The van der Waals surface area contributed by atoms with Crippen molar-refractivity contribution >= 4 is 21.7 Å². The number of fused-ring (bicyclic) bond motifs is 1. The predicted molar refractivity (Wildman–Crippen MR) is 94.7 cm³/mol. The zero-order valence-corrected chi connectivity index (χ0v) is 14.8. The maximum absolute atomic E-state index is 5.60. The minimum Gasteiger partial charge on any atom is -0.454 e. The molecule has 0 saturated carbocycles. The summed E-state index contributed by atoms with van der Waals surface area (Å²) in [6.07, 6.45) is 3.74. The molecule has 2 aromatic rings. The molecule has 1 aromatic carbocycles. The van der Waals surface area contributed by atoms with E-state index >= 15 is 0 Å². The van der Waals surface area contributed by atoms with Gasteiger partial charge in [-0.15, -0.1) is 0 Å². The highest BCUT2D eigenvalue weighted by Crippen LogP contribution is 2.41. The number of nitrogens with zero attached hydrogens (tertiary/aromatic N) is 1. The molecule has 6 heteroatoms. The average molecular weight is 391 g/mol. The van der Waals surface area contributed by atoms with Crippen molar-refractivity contribution in [3.63, 3.8) is 0 Å². The second-order valence-corrected chi connectivity index (χ2v) is 7.09. The normalized spacial score (nSPS) is 18.4. The van der Waals surface area contributed by atoms with Gasteiger partial charge in [0, 0.05) is 35.8 Å². The number of aromatic nitrogens is 1. The summed E-state index contributed by atoms with van der Waals surface area (Å²) in [5.41, 5.74) is 1.27. The summed E-state index contributed by atoms with van der Waals surface area (Å²) < 4.78 is 17.6. The number of rotatable bonds is 4. The number of halogens is 1.